The molecule has 0 atom stereocenters. The van der Waals surface area contributed by atoms with Crippen LogP contribution in [0.2, 0.25) is 0 Å². The normalized spacial score (nSPS) is 13.0. The molecule has 0 bridgehead atoms. The third kappa shape index (κ3) is 2.39. The Morgan fingerprint density at radius 3 is 2.40 bits per heavy atom. The topological polar surface area (TPSA) is 58.9 Å². The number of ether oxygens (including phenoxy) is 1. The van der Waals surface area contributed by atoms with Gasteiger partial charge in [0.15, 0.2) is 0 Å². The Hall–Kier alpha value is -2.79. The number of aliphatic imine (C=N–C) groups is 1. The third-order valence-corrected chi connectivity index (χ3v) is 4.53. The zero-order valence-electron chi connectivity index (χ0n) is 13.5. The molecule has 1 aliphatic heterocycles. The highest BCUT2D eigenvalue weighted by molar-refractivity contribution is 7.80. The molecule has 1 amide bonds. The molecule has 124 valence electrons. The quantitative estimate of drug-likeness (QED) is 0.696. The van der Waals surface area contributed by atoms with Crippen molar-refractivity contribution in [2.75, 3.05) is 6.61 Å². The van der Waals surface area contributed by atoms with Crippen molar-refractivity contribution >= 4 is 35.0 Å². The molecule has 25 heavy (non-hydrogen) atoms. The summed E-state index contributed by atoms with van der Waals surface area (Å²) in [5.41, 5.74) is 1.96. The van der Waals surface area contributed by atoms with Crippen molar-refractivity contribution in [3.8, 4) is 11.5 Å². The lowest BCUT2D eigenvalue weighted by molar-refractivity contribution is 0.100. The first-order chi connectivity index (χ1) is 12.1. The van der Waals surface area contributed by atoms with Crippen molar-refractivity contribution in [3.05, 3.63) is 65.2 Å². The van der Waals surface area contributed by atoms with E-state index in [4.69, 9.17) is 4.74 Å². The number of hydrogen-bond donors (Lipinski definition) is 2. The van der Waals surface area contributed by atoms with Gasteiger partial charge in [0, 0.05) is 21.2 Å². The van der Waals surface area contributed by atoms with Crippen molar-refractivity contribution in [2.45, 2.75) is 11.8 Å². The minimum absolute atomic E-state index is 0.0496. The zero-order valence-corrected chi connectivity index (χ0v) is 14.4. The molecule has 0 aliphatic carbocycles. The molecule has 1 heterocycles. The first kappa shape index (κ1) is 15.7. The van der Waals surface area contributed by atoms with Gasteiger partial charge in [0.05, 0.1) is 23.4 Å². The number of phenols is 1. The molecule has 0 spiro atoms. The molecular formula is C20H15NO3S. The smallest absolute Gasteiger partial charge is 0.282 e. The fourth-order valence-corrected chi connectivity index (χ4v) is 3.31. The predicted octanol–water partition coefficient (Wildman–Crippen LogP) is 4.22. The second kappa shape index (κ2) is 5.93. The fraction of sp³-hybridized carbons (Fsp3) is 0.100. The second-order valence-corrected chi connectivity index (χ2v) is 6.24. The number of phenolic OH excluding ortho intramolecular Hbond substituents is 1. The van der Waals surface area contributed by atoms with E-state index in [9.17, 15) is 9.90 Å². The van der Waals surface area contributed by atoms with Gasteiger partial charge in [0.1, 0.15) is 11.5 Å². The van der Waals surface area contributed by atoms with Crippen molar-refractivity contribution in [3.63, 3.8) is 0 Å². The Kier molecular flexibility index (Phi) is 3.73. The lowest BCUT2D eigenvalue weighted by Crippen LogP contribution is -2.05. The van der Waals surface area contributed by atoms with Crippen molar-refractivity contribution in [1.82, 2.24) is 0 Å². The van der Waals surface area contributed by atoms with E-state index < -0.39 is 5.91 Å². The summed E-state index contributed by atoms with van der Waals surface area (Å²) in [4.78, 5) is 17.6. The molecule has 0 saturated heterocycles. The second-order valence-electron chi connectivity index (χ2n) is 5.72. The van der Waals surface area contributed by atoms with Crippen LogP contribution in [0.5, 0.6) is 11.5 Å². The highest BCUT2D eigenvalue weighted by Crippen LogP contribution is 2.44. The summed E-state index contributed by atoms with van der Waals surface area (Å²) in [6, 6.07) is 14.6. The van der Waals surface area contributed by atoms with Gasteiger partial charge in [-0.3, -0.25) is 4.79 Å². The van der Waals surface area contributed by atoms with E-state index in [0.29, 0.717) is 40.0 Å². The van der Waals surface area contributed by atoms with Crippen LogP contribution in [-0.4, -0.2) is 23.3 Å². The highest BCUT2D eigenvalue weighted by Gasteiger charge is 2.33. The summed E-state index contributed by atoms with van der Waals surface area (Å²) >= 11 is 4.28. The number of carbonyl (C=O) groups excluding carboxylic acids is 1. The summed E-state index contributed by atoms with van der Waals surface area (Å²) in [5, 5.41) is 12.2. The number of aromatic hydroxyl groups is 1. The van der Waals surface area contributed by atoms with E-state index in [1.807, 2.05) is 55.5 Å². The van der Waals surface area contributed by atoms with Crippen LogP contribution in [0.15, 0.2) is 58.4 Å². The summed E-state index contributed by atoms with van der Waals surface area (Å²) in [5.74, 6) is 0.124. The summed E-state index contributed by atoms with van der Waals surface area (Å²) in [7, 11) is 0. The number of carbonyl (C=O) groups is 1. The molecule has 3 aromatic carbocycles. The Morgan fingerprint density at radius 1 is 1.04 bits per heavy atom. The van der Waals surface area contributed by atoms with E-state index >= 15 is 0 Å². The van der Waals surface area contributed by atoms with Gasteiger partial charge in [-0.15, -0.1) is 12.6 Å². The highest BCUT2D eigenvalue weighted by atomic mass is 32.1. The number of rotatable bonds is 3. The van der Waals surface area contributed by atoms with Crippen LogP contribution < -0.4 is 4.74 Å². The SMILES string of the molecule is CCOc1c2c(c(O)c3ccccc13)C(c1ccc(S)cc1)=NC2=O. The van der Waals surface area contributed by atoms with Crippen LogP contribution in [0, 0.1) is 0 Å². The van der Waals surface area contributed by atoms with Gasteiger partial charge in [-0.2, -0.15) is 0 Å². The average molecular weight is 349 g/mol. The molecule has 1 N–H and O–H groups in total. The Bertz CT molecular complexity index is 1040. The van der Waals surface area contributed by atoms with Crippen LogP contribution in [0.4, 0.5) is 0 Å². The number of fused-ring (bicyclic) bond motifs is 2. The maximum Gasteiger partial charge on any atom is 0.282 e. The molecule has 3 aromatic rings. The van der Waals surface area contributed by atoms with Crippen LogP contribution in [-0.2, 0) is 0 Å². The van der Waals surface area contributed by atoms with Gasteiger partial charge in [-0.1, -0.05) is 36.4 Å². The van der Waals surface area contributed by atoms with Crippen LogP contribution in [0.1, 0.15) is 28.4 Å². The predicted molar refractivity (Wildman–Crippen MR) is 100 cm³/mol. The van der Waals surface area contributed by atoms with Gasteiger partial charge < -0.3 is 9.84 Å². The fourth-order valence-electron chi connectivity index (χ4n) is 3.16. The molecule has 4 rings (SSSR count). The van der Waals surface area contributed by atoms with Gasteiger partial charge in [-0.25, -0.2) is 4.99 Å². The largest absolute Gasteiger partial charge is 0.507 e. The van der Waals surface area contributed by atoms with E-state index in [1.54, 1.807) is 0 Å². The first-order valence-electron chi connectivity index (χ1n) is 7.95. The molecule has 0 unspecified atom stereocenters. The van der Waals surface area contributed by atoms with Crippen LogP contribution >= 0.6 is 12.6 Å². The number of hydrogen-bond acceptors (Lipinski definition) is 4. The van der Waals surface area contributed by atoms with E-state index in [1.165, 1.54) is 0 Å². The third-order valence-electron chi connectivity index (χ3n) is 4.23. The monoisotopic (exact) mass is 349 g/mol. The lowest BCUT2D eigenvalue weighted by atomic mass is 9.93. The van der Waals surface area contributed by atoms with Gasteiger partial charge in [-0.05, 0) is 19.1 Å². The van der Waals surface area contributed by atoms with Gasteiger partial charge in [0.25, 0.3) is 5.91 Å². The van der Waals surface area contributed by atoms with Gasteiger partial charge >= 0.3 is 0 Å². The average Bonchev–Trinajstić information content (AvgIpc) is 2.97. The zero-order chi connectivity index (χ0) is 17.6. The van der Waals surface area contributed by atoms with E-state index in [0.717, 1.165) is 10.5 Å². The minimum Gasteiger partial charge on any atom is -0.507 e. The molecule has 0 radical (unpaired) electrons. The molecule has 4 nitrogen and oxygen atoms in total. The molecule has 0 aromatic heterocycles. The molecule has 1 aliphatic rings. The molecule has 5 heteroatoms. The van der Waals surface area contributed by atoms with Crippen molar-refractivity contribution < 1.29 is 14.6 Å². The van der Waals surface area contributed by atoms with Crippen LogP contribution in [0.25, 0.3) is 10.8 Å². The summed E-state index contributed by atoms with van der Waals surface area (Å²) in [6.45, 7) is 2.28. The van der Waals surface area contributed by atoms with Crippen molar-refractivity contribution in [1.29, 1.82) is 0 Å². The van der Waals surface area contributed by atoms with E-state index in [2.05, 4.69) is 17.6 Å². The van der Waals surface area contributed by atoms with Crippen LogP contribution in [0.3, 0.4) is 0 Å². The first-order valence-corrected chi connectivity index (χ1v) is 8.39. The lowest BCUT2D eigenvalue weighted by Gasteiger charge is -2.15. The summed E-state index contributed by atoms with van der Waals surface area (Å²) in [6.07, 6.45) is 0. The Balaban J connectivity index is 2.05. The molecular weight excluding hydrogens is 334 g/mol. The maximum absolute atomic E-state index is 12.6. The number of benzene rings is 3. The Labute approximate surface area is 150 Å². The summed E-state index contributed by atoms with van der Waals surface area (Å²) < 4.78 is 5.77. The number of nitrogens with zero attached hydrogens (tertiary/aromatic N) is 1. The molecule has 0 fully saturated rings. The Morgan fingerprint density at radius 2 is 1.72 bits per heavy atom. The maximum atomic E-state index is 12.6. The number of thiol groups is 1. The standard InChI is InChI=1S/C20H15NO3S/c1-2-24-19-14-6-4-3-5-13(14)18(22)15-16(19)20(23)21-17(15)11-7-9-12(25)10-8-11/h3-10,22,25H,2H2,1H3. The molecule has 0 saturated carbocycles. The minimum atomic E-state index is -0.399. The number of amides is 1. The van der Waals surface area contributed by atoms with Gasteiger partial charge in [0.2, 0.25) is 0 Å². The van der Waals surface area contributed by atoms with E-state index in [-0.39, 0.29) is 5.75 Å². The van der Waals surface area contributed by atoms with Crippen molar-refractivity contribution in [2.24, 2.45) is 4.99 Å².